The maximum absolute atomic E-state index is 2.00. The Morgan fingerprint density at radius 2 is 0.500 bits per heavy atom. The van der Waals surface area contributed by atoms with E-state index in [4.69, 9.17) is 0 Å². The molecule has 8 heavy (non-hydrogen) atoms. The topological polar surface area (TPSA) is 0 Å². The molecule has 1 aromatic rings. The Bertz CT molecular complexity index is 78.5. The molecule has 1 aromatic carbocycles. The molecule has 1 rings (SSSR count). The Morgan fingerprint density at radius 1 is 0.375 bits per heavy atom. The van der Waals surface area contributed by atoms with Gasteiger partial charge in [0, 0.05) is 59.1 Å². The van der Waals surface area contributed by atoms with Crippen molar-refractivity contribution in [2.45, 2.75) is 0 Å². The van der Waals surface area contributed by atoms with Crippen LogP contribution < -0.4 is 0 Å². The Balaban J connectivity index is 0. The molecule has 2 heteroatoms. The van der Waals surface area contributed by atoms with Gasteiger partial charge in [0.1, 0.15) is 0 Å². The van der Waals surface area contributed by atoms with Crippen LogP contribution in [0, 0.1) is 0 Å². The van der Waals surface area contributed by atoms with Crippen molar-refractivity contribution in [1.82, 2.24) is 0 Å². The summed E-state index contributed by atoms with van der Waals surface area (Å²) in [6.07, 6.45) is 0. The zero-order valence-corrected chi connectivity index (χ0v) is 9.46. The molecule has 0 saturated heterocycles. The monoisotopic (exact) mass is 124 g/mol. The molecule has 0 N–H and O–H groups in total. The Hall–Kier alpha value is 1.22. The number of rotatable bonds is 0. The molecule has 32 valence electrons. The van der Waals surface area contributed by atoms with Crippen molar-refractivity contribution in [3.63, 3.8) is 0 Å². The molecule has 0 atom stereocenters. The molecule has 0 nitrogen and oxygen atoms in total. The number of benzene rings is 1. The third-order valence-corrected chi connectivity index (χ3v) is 0.667. The molecule has 0 aromatic heterocycles. The van der Waals surface area contributed by atoms with Crippen LogP contribution >= 0.6 is 0 Å². The van der Waals surface area contributed by atoms with Crippen molar-refractivity contribution in [2.24, 2.45) is 0 Å². The zero-order valence-electron chi connectivity index (χ0n) is 5.46. The Kier molecular flexibility index (Phi) is 12.3. The van der Waals surface area contributed by atoms with Crippen molar-refractivity contribution >= 4 is 59.1 Å². The largest absolute Gasteiger partial charge is 0.0623 e. The first-order valence-corrected chi connectivity index (χ1v) is 2.00. The maximum Gasteiger partial charge on any atom is 0 e. The number of hydrogen-bond donors (Lipinski definition) is 0. The van der Waals surface area contributed by atoms with E-state index < -0.39 is 0 Å². The second-order valence-electron chi connectivity index (χ2n) is 1.15. The zero-order chi connectivity index (χ0) is 4.24. The van der Waals surface area contributed by atoms with E-state index >= 15 is 0 Å². The third-order valence-electron chi connectivity index (χ3n) is 0.667. The van der Waals surface area contributed by atoms with E-state index in [-0.39, 0.29) is 59.1 Å². The summed E-state index contributed by atoms with van der Waals surface area (Å²) in [6, 6.07) is 12.0. The van der Waals surface area contributed by atoms with Crippen molar-refractivity contribution in [3.8, 4) is 0 Å². The van der Waals surface area contributed by atoms with Crippen LogP contribution in [-0.2, 0) is 0 Å². The molecule has 0 spiro atoms. The predicted octanol–water partition coefficient (Wildman–Crippen LogP) is 0.925. The second kappa shape index (κ2) is 8.22. The summed E-state index contributed by atoms with van der Waals surface area (Å²) >= 11 is 0. The molecule has 0 saturated carbocycles. The fourth-order valence-corrected chi connectivity index (χ4v) is 0.385. The van der Waals surface area contributed by atoms with Gasteiger partial charge in [-0.15, -0.1) is 0 Å². The van der Waals surface area contributed by atoms with Gasteiger partial charge in [-0.2, -0.15) is 0 Å². The Morgan fingerprint density at radius 3 is 0.625 bits per heavy atom. The van der Waals surface area contributed by atoms with Crippen molar-refractivity contribution in [2.75, 3.05) is 0 Å². The SMILES string of the molecule is [Na].[Na].c1ccccc1. The molecule has 0 aliphatic heterocycles. The first-order valence-electron chi connectivity index (χ1n) is 2.00. The standard InChI is InChI=1S/C6H6.2Na/c1-2-4-6-5-3-1;;/h1-6H;;. The maximum atomic E-state index is 2.00. The molecule has 0 fully saturated rings. The van der Waals surface area contributed by atoms with E-state index in [2.05, 4.69) is 0 Å². The van der Waals surface area contributed by atoms with Gasteiger partial charge in [-0.3, -0.25) is 0 Å². The summed E-state index contributed by atoms with van der Waals surface area (Å²) in [5.41, 5.74) is 0. The fraction of sp³-hybridized carbons (Fsp3) is 0. The van der Waals surface area contributed by atoms with Crippen molar-refractivity contribution < 1.29 is 0 Å². The summed E-state index contributed by atoms with van der Waals surface area (Å²) in [4.78, 5) is 0. The molecule has 2 radical (unpaired) electrons. The van der Waals surface area contributed by atoms with Crippen LogP contribution in [0.25, 0.3) is 0 Å². The van der Waals surface area contributed by atoms with Crippen LogP contribution in [0.3, 0.4) is 0 Å². The van der Waals surface area contributed by atoms with E-state index in [1.807, 2.05) is 36.4 Å². The first kappa shape index (κ1) is 12.0. The average Bonchev–Trinajstić information content (AvgIpc) is 1.72. The van der Waals surface area contributed by atoms with Gasteiger partial charge in [-0.1, -0.05) is 36.4 Å². The molecule has 0 amide bonds. The molecular formula is C6H6Na2. The molecule has 0 aliphatic rings. The van der Waals surface area contributed by atoms with Gasteiger partial charge in [-0.05, 0) is 0 Å². The first-order chi connectivity index (χ1) is 3.00. The van der Waals surface area contributed by atoms with Crippen LogP contribution in [0.15, 0.2) is 36.4 Å². The van der Waals surface area contributed by atoms with Crippen LogP contribution in [0.1, 0.15) is 0 Å². The van der Waals surface area contributed by atoms with E-state index in [1.54, 1.807) is 0 Å². The van der Waals surface area contributed by atoms with Gasteiger partial charge in [0.15, 0.2) is 0 Å². The normalized spacial score (nSPS) is 6.00. The summed E-state index contributed by atoms with van der Waals surface area (Å²) < 4.78 is 0. The van der Waals surface area contributed by atoms with E-state index in [0.29, 0.717) is 0 Å². The van der Waals surface area contributed by atoms with E-state index in [9.17, 15) is 0 Å². The molecule has 0 bridgehead atoms. The van der Waals surface area contributed by atoms with Gasteiger partial charge in [0.2, 0.25) is 0 Å². The smallest absolute Gasteiger partial charge is 0 e. The van der Waals surface area contributed by atoms with Crippen LogP contribution in [0.2, 0.25) is 0 Å². The number of hydrogen-bond acceptors (Lipinski definition) is 0. The summed E-state index contributed by atoms with van der Waals surface area (Å²) in [5, 5.41) is 0. The van der Waals surface area contributed by atoms with E-state index in [1.165, 1.54) is 0 Å². The summed E-state index contributed by atoms with van der Waals surface area (Å²) in [7, 11) is 0. The van der Waals surface area contributed by atoms with Gasteiger partial charge in [0.25, 0.3) is 0 Å². The molecule has 0 aliphatic carbocycles. The van der Waals surface area contributed by atoms with Crippen molar-refractivity contribution in [1.29, 1.82) is 0 Å². The Labute approximate surface area is 94.3 Å². The third kappa shape index (κ3) is 5.36. The van der Waals surface area contributed by atoms with Gasteiger partial charge in [0.05, 0.1) is 0 Å². The summed E-state index contributed by atoms with van der Waals surface area (Å²) in [6.45, 7) is 0. The molecule has 0 heterocycles. The fourth-order valence-electron chi connectivity index (χ4n) is 0.385. The van der Waals surface area contributed by atoms with Gasteiger partial charge < -0.3 is 0 Å². The van der Waals surface area contributed by atoms with Gasteiger partial charge in [-0.25, -0.2) is 0 Å². The van der Waals surface area contributed by atoms with Gasteiger partial charge >= 0.3 is 0 Å². The van der Waals surface area contributed by atoms with Crippen LogP contribution in [-0.4, -0.2) is 59.1 Å². The minimum absolute atomic E-state index is 0. The summed E-state index contributed by atoms with van der Waals surface area (Å²) in [5.74, 6) is 0. The minimum atomic E-state index is 0. The second-order valence-corrected chi connectivity index (χ2v) is 1.15. The van der Waals surface area contributed by atoms with Crippen LogP contribution in [0.5, 0.6) is 0 Å². The quantitative estimate of drug-likeness (QED) is 0.451. The average molecular weight is 124 g/mol. The predicted molar refractivity (Wildman–Crippen MR) is 38.0 cm³/mol. The minimum Gasteiger partial charge on any atom is -0.0623 e. The van der Waals surface area contributed by atoms with Crippen molar-refractivity contribution in [3.05, 3.63) is 36.4 Å². The molecular weight excluding hydrogens is 118 g/mol. The van der Waals surface area contributed by atoms with Crippen LogP contribution in [0.4, 0.5) is 0 Å². The molecule has 0 unspecified atom stereocenters. The van der Waals surface area contributed by atoms with E-state index in [0.717, 1.165) is 0 Å².